The minimum Gasteiger partial charge on any atom is -0.352 e. The van der Waals surface area contributed by atoms with E-state index in [2.05, 4.69) is 10.4 Å². The molecule has 5 nitrogen and oxygen atoms in total. The maximum Gasteiger partial charge on any atom is 0.276 e. The number of amides is 1. The van der Waals surface area contributed by atoms with E-state index >= 15 is 0 Å². The average Bonchev–Trinajstić information content (AvgIpc) is 3.11. The lowest BCUT2D eigenvalue weighted by atomic mass is 10.1. The summed E-state index contributed by atoms with van der Waals surface area (Å²) in [6.07, 6.45) is 0.932. The number of rotatable bonds is 6. The molecule has 0 saturated heterocycles. The summed E-state index contributed by atoms with van der Waals surface area (Å²) in [4.78, 5) is 25.2. The Balaban J connectivity index is 1.44. The standard InChI is InChI=1S/C23H23N3O2S/c1-15-8-3-4-9-17(15)14-24-20(27)12-7-13-26-23(28)21-18-10-5-6-11-19(18)29-22(21)16(2)25-26/h3-6,8-11H,7,12-14H2,1-2H3,(H,24,27). The normalized spacial score (nSPS) is 11.2. The molecule has 2 aromatic carbocycles. The van der Waals surface area contributed by atoms with E-state index in [9.17, 15) is 9.59 Å². The fourth-order valence-corrected chi connectivity index (χ4v) is 4.68. The van der Waals surface area contributed by atoms with Gasteiger partial charge >= 0.3 is 0 Å². The van der Waals surface area contributed by atoms with Crippen LogP contribution in [0.4, 0.5) is 0 Å². The van der Waals surface area contributed by atoms with Crippen molar-refractivity contribution in [1.29, 1.82) is 0 Å². The quantitative estimate of drug-likeness (QED) is 0.519. The first kappa shape index (κ1) is 19.3. The van der Waals surface area contributed by atoms with Crippen molar-refractivity contribution >= 4 is 37.4 Å². The topological polar surface area (TPSA) is 64.0 Å². The highest BCUT2D eigenvalue weighted by Gasteiger charge is 2.14. The van der Waals surface area contributed by atoms with Gasteiger partial charge < -0.3 is 5.32 Å². The summed E-state index contributed by atoms with van der Waals surface area (Å²) in [5.41, 5.74) is 3.05. The molecule has 4 rings (SSSR count). The largest absolute Gasteiger partial charge is 0.352 e. The summed E-state index contributed by atoms with van der Waals surface area (Å²) in [6.45, 7) is 4.92. The van der Waals surface area contributed by atoms with E-state index in [1.807, 2.05) is 62.4 Å². The van der Waals surface area contributed by atoms with Crippen LogP contribution in [0.5, 0.6) is 0 Å². The number of nitrogens with one attached hydrogen (secondary N) is 1. The van der Waals surface area contributed by atoms with E-state index in [1.165, 1.54) is 4.68 Å². The van der Waals surface area contributed by atoms with Crippen LogP contribution in [0.15, 0.2) is 53.3 Å². The van der Waals surface area contributed by atoms with Crippen LogP contribution in [-0.4, -0.2) is 15.7 Å². The molecule has 0 aliphatic heterocycles. The van der Waals surface area contributed by atoms with Crippen LogP contribution in [0.3, 0.4) is 0 Å². The second-order valence-electron chi connectivity index (χ2n) is 7.22. The molecule has 0 aliphatic rings. The van der Waals surface area contributed by atoms with Crippen LogP contribution in [0, 0.1) is 13.8 Å². The van der Waals surface area contributed by atoms with Gasteiger partial charge in [-0.25, -0.2) is 4.68 Å². The Morgan fingerprint density at radius 3 is 2.69 bits per heavy atom. The third kappa shape index (κ3) is 3.93. The van der Waals surface area contributed by atoms with Gasteiger partial charge in [0.1, 0.15) is 0 Å². The number of benzene rings is 2. The molecular weight excluding hydrogens is 382 g/mol. The van der Waals surface area contributed by atoms with E-state index in [0.717, 1.165) is 37.0 Å². The molecule has 148 valence electrons. The number of fused-ring (bicyclic) bond motifs is 3. The number of hydrogen-bond donors (Lipinski definition) is 1. The minimum atomic E-state index is -0.0802. The molecule has 2 heterocycles. The molecule has 0 atom stereocenters. The Bertz CT molecular complexity index is 1260. The minimum absolute atomic E-state index is 0.0138. The van der Waals surface area contributed by atoms with Crippen LogP contribution < -0.4 is 10.9 Å². The lowest BCUT2D eigenvalue weighted by Gasteiger charge is -2.09. The maximum absolute atomic E-state index is 13.0. The van der Waals surface area contributed by atoms with Gasteiger partial charge in [0.2, 0.25) is 5.91 Å². The van der Waals surface area contributed by atoms with Gasteiger partial charge in [0.05, 0.1) is 15.8 Å². The van der Waals surface area contributed by atoms with Crippen LogP contribution in [0.1, 0.15) is 29.7 Å². The Labute approximate surface area is 173 Å². The molecule has 0 radical (unpaired) electrons. The van der Waals surface area contributed by atoms with E-state index in [1.54, 1.807) is 11.3 Å². The first-order valence-electron chi connectivity index (χ1n) is 9.75. The number of aromatic nitrogens is 2. The van der Waals surface area contributed by atoms with E-state index in [0.29, 0.717) is 25.9 Å². The van der Waals surface area contributed by atoms with Gasteiger partial charge in [-0.05, 0) is 37.5 Å². The van der Waals surface area contributed by atoms with E-state index < -0.39 is 0 Å². The van der Waals surface area contributed by atoms with Crippen molar-refractivity contribution in [1.82, 2.24) is 15.1 Å². The second kappa shape index (κ2) is 8.17. The highest BCUT2D eigenvalue weighted by molar-refractivity contribution is 7.26. The molecule has 0 bridgehead atoms. The smallest absolute Gasteiger partial charge is 0.276 e. The first-order chi connectivity index (χ1) is 14.0. The highest BCUT2D eigenvalue weighted by Crippen LogP contribution is 2.32. The predicted octanol–water partition coefficient (Wildman–Crippen LogP) is 4.32. The molecule has 6 heteroatoms. The fourth-order valence-electron chi connectivity index (χ4n) is 3.55. The summed E-state index contributed by atoms with van der Waals surface area (Å²) in [6, 6.07) is 16.0. The van der Waals surface area contributed by atoms with Gasteiger partial charge in [-0.15, -0.1) is 11.3 Å². The Morgan fingerprint density at radius 1 is 1.10 bits per heavy atom. The lowest BCUT2D eigenvalue weighted by molar-refractivity contribution is -0.121. The molecule has 0 unspecified atom stereocenters. The summed E-state index contributed by atoms with van der Waals surface area (Å²) >= 11 is 1.61. The molecule has 0 fully saturated rings. The third-order valence-corrected chi connectivity index (χ3v) is 6.43. The zero-order valence-electron chi connectivity index (χ0n) is 16.6. The molecule has 0 saturated carbocycles. The number of thiophene rings is 1. The van der Waals surface area contributed by atoms with Gasteiger partial charge in [-0.1, -0.05) is 42.5 Å². The van der Waals surface area contributed by atoms with Gasteiger partial charge in [0, 0.05) is 29.6 Å². The summed E-state index contributed by atoms with van der Waals surface area (Å²) in [5, 5.41) is 9.16. The molecule has 0 spiro atoms. The van der Waals surface area contributed by atoms with Crippen LogP contribution in [0.2, 0.25) is 0 Å². The molecule has 1 amide bonds. The second-order valence-corrected chi connectivity index (χ2v) is 8.28. The maximum atomic E-state index is 13.0. The van der Waals surface area contributed by atoms with Crippen molar-refractivity contribution in [3.8, 4) is 0 Å². The number of carbonyl (C=O) groups is 1. The molecule has 2 aromatic heterocycles. The van der Waals surface area contributed by atoms with Crippen LogP contribution in [0.25, 0.3) is 20.2 Å². The molecule has 29 heavy (non-hydrogen) atoms. The Hall–Kier alpha value is -2.99. The van der Waals surface area contributed by atoms with Crippen molar-refractivity contribution in [3.63, 3.8) is 0 Å². The first-order valence-corrected chi connectivity index (χ1v) is 10.6. The number of nitrogens with zero attached hydrogens (tertiary/aromatic N) is 2. The van der Waals surface area contributed by atoms with Gasteiger partial charge in [0.15, 0.2) is 0 Å². The Morgan fingerprint density at radius 2 is 1.86 bits per heavy atom. The summed E-state index contributed by atoms with van der Waals surface area (Å²) in [7, 11) is 0. The number of hydrogen-bond acceptors (Lipinski definition) is 4. The van der Waals surface area contributed by atoms with E-state index in [-0.39, 0.29) is 11.5 Å². The van der Waals surface area contributed by atoms with Gasteiger partial charge in [-0.3, -0.25) is 9.59 Å². The van der Waals surface area contributed by atoms with Crippen molar-refractivity contribution < 1.29 is 4.79 Å². The number of carbonyl (C=O) groups excluding carboxylic acids is 1. The average molecular weight is 406 g/mol. The van der Waals surface area contributed by atoms with Gasteiger partial charge in [-0.2, -0.15) is 5.10 Å². The number of aryl methyl sites for hydroxylation is 3. The molecule has 0 aliphatic carbocycles. The zero-order chi connectivity index (χ0) is 20.4. The molecule has 4 aromatic rings. The van der Waals surface area contributed by atoms with Crippen molar-refractivity contribution in [3.05, 3.63) is 75.7 Å². The SMILES string of the molecule is Cc1ccccc1CNC(=O)CCCn1nc(C)c2sc3ccccc3c2c1=O. The van der Waals surface area contributed by atoms with Crippen molar-refractivity contribution in [2.45, 2.75) is 39.8 Å². The molecule has 1 N–H and O–H groups in total. The molecular formula is C23H23N3O2S. The zero-order valence-corrected chi connectivity index (χ0v) is 17.4. The summed E-state index contributed by atoms with van der Waals surface area (Å²) < 4.78 is 3.55. The van der Waals surface area contributed by atoms with E-state index in [4.69, 9.17) is 0 Å². The van der Waals surface area contributed by atoms with Crippen molar-refractivity contribution in [2.24, 2.45) is 0 Å². The van der Waals surface area contributed by atoms with Crippen LogP contribution >= 0.6 is 11.3 Å². The summed E-state index contributed by atoms with van der Waals surface area (Å²) in [5.74, 6) is -0.0138. The van der Waals surface area contributed by atoms with Crippen molar-refractivity contribution in [2.75, 3.05) is 0 Å². The third-order valence-electron chi connectivity index (χ3n) is 5.15. The van der Waals surface area contributed by atoms with Gasteiger partial charge in [0.25, 0.3) is 5.56 Å². The predicted molar refractivity (Wildman–Crippen MR) is 118 cm³/mol. The monoisotopic (exact) mass is 405 g/mol. The highest BCUT2D eigenvalue weighted by atomic mass is 32.1. The fraction of sp³-hybridized carbons (Fsp3) is 0.261. The van der Waals surface area contributed by atoms with Crippen LogP contribution in [-0.2, 0) is 17.9 Å². The lowest BCUT2D eigenvalue weighted by Crippen LogP contribution is -2.26. The Kier molecular flexibility index (Phi) is 5.45.